The number of benzene rings is 1. The molecule has 1 aromatic carbocycles. The van der Waals surface area contributed by atoms with Crippen LogP contribution in [0.1, 0.15) is 24.0 Å². The van der Waals surface area contributed by atoms with E-state index >= 15 is 0 Å². The number of allylic oxidation sites excluding steroid dienone is 2. The maximum absolute atomic E-state index is 5.23. The average Bonchev–Trinajstić information content (AvgIpc) is 2.68. The molecule has 0 spiro atoms. The Balaban J connectivity index is 2.18. The summed E-state index contributed by atoms with van der Waals surface area (Å²) >= 11 is 3.47. The SMILES string of the molecule is COc1ccc2c(c1)CC=C2CCCBr. The van der Waals surface area contributed by atoms with Crippen LogP contribution in [0.4, 0.5) is 0 Å². The van der Waals surface area contributed by atoms with E-state index in [2.05, 4.69) is 34.1 Å². The highest BCUT2D eigenvalue weighted by molar-refractivity contribution is 9.09. The molecule has 1 aliphatic rings. The first-order valence-corrected chi connectivity index (χ1v) is 6.39. The molecule has 0 saturated heterocycles. The molecule has 1 nitrogen and oxygen atoms in total. The molecule has 0 radical (unpaired) electrons. The number of hydrogen-bond acceptors (Lipinski definition) is 1. The highest BCUT2D eigenvalue weighted by atomic mass is 79.9. The van der Waals surface area contributed by atoms with Crippen molar-refractivity contribution < 1.29 is 4.74 Å². The summed E-state index contributed by atoms with van der Waals surface area (Å²) in [4.78, 5) is 0. The largest absolute Gasteiger partial charge is 0.497 e. The third kappa shape index (κ3) is 2.25. The van der Waals surface area contributed by atoms with Crippen molar-refractivity contribution in [3.05, 3.63) is 35.4 Å². The van der Waals surface area contributed by atoms with Gasteiger partial charge in [0.25, 0.3) is 0 Å². The van der Waals surface area contributed by atoms with Crippen LogP contribution in [0.15, 0.2) is 24.3 Å². The van der Waals surface area contributed by atoms with E-state index in [1.54, 1.807) is 7.11 Å². The molecule has 0 heterocycles. The minimum absolute atomic E-state index is 0.962. The maximum Gasteiger partial charge on any atom is 0.119 e. The monoisotopic (exact) mass is 266 g/mol. The summed E-state index contributed by atoms with van der Waals surface area (Å²) < 4.78 is 5.23. The zero-order valence-electron chi connectivity index (χ0n) is 8.92. The van der Waals surface area contributed by atoms with Gasteiger partial charge in [-0.05, 0) is 48.1 Å². The molecule has 0 saturated carbocycles. The molecule has 0 bridgehead atoms. The van der Waals surface area contributed by atoms with Gasteiger partial charge in [0.2, 0.25) is 0 Å². The molecular formula is C13H15BrO. The Kier molecular flexibility index (Phi) is 3.47. The predicted octanol–water partition coefficient (Wildman–Crippen LogP) is 3.81. The van der Waals surface area contributed by atoms with Gasteiger partial charge in [-0.1, -0.05) is 28.1 Å². The molecule has 0 atom stereocenters. The lowest BCUT2D eigenvalue weighted by atomic mass is 10.0. The standard InChI is InChI=1S/C13H15BrO/c1-15-12-6-7-13-10(3-2-8-14)4-5-11(13)9-12/h4,6-7,9H,2-3,5,8H2,1H3. The summed E-state index contributed by atoms with van der Waals surface area (Å²) in [6.07, 6.45) is 5.78. The van der Waals surface area contributed by atoms with E-state index in [1.165, 1.54) is 29.5 Å². The van der Waals surface area contributed by atoms with E-state index in [9.17, 15) is 0 Å². The van der Waals surface area contributed by atoms with Crippen molar-refractivity contribution in [2.75, 3.05) is 12.4 Å². The molecule has 2 heteroatoms. The number of methoxy groups -OCH3 is 1. The Morgan fingerprint density at radius 1 is 1.40 bits per heavy atom. The van der Waals surface area contributed by atoms with Crippen LogP contribution in [0.3, 0.4) is 0 Å². The second-order valence-electron chi connectivity index (χ2n) is 3.75. The molecule has 0 aliphatic heterocycles. The van der Waals surface area contributed by atoms with E-state index < -0.39 is 0 Å². The quantitative estimate of drug-likeness (QED) is 0.754. The van der Waals surface area contributed by atoms with Crippen LogP contribution < -0.4 is 4.74 Å². The third-order valence-corrected chi connectivity index (χ3v) is 3.37. The van der Waals surface area contributed by atoms with Gasteiger partial charge in [0.1, 0.15) is 5.75 Å². The van der Waals surface area contributed by atoms with Crippen molar-refractivity contribution in [1.82, 2.24) is 0 Å². The second kappa shape index (κ2) is 4.84. The van der Waals surface area contributed by atoms with Gasteiger partial charge in [-0.3, -0.25) is 0 Å². The smallest absolute Gasteiger partial charge is 0.119 e. The molecule has 1 aliphatic carbocycles. The van der Waals surface area contributed by atoms with Crippen LogP contribution >= 0.6 is 15.9 Å². The van der Waals surface area contributed by atoms with Gasteiger partial charge in [0, 0.05) is 5.33 Å². The summed E-state index contributed by atoms with van der Waals surface area (Å²) in [5, 5.41) is 1.08. The minimum Gasteiger partial charge on any atom is -0.497 e. The Labute approximate surface area is 99.3 Å². The third-order valence-electron chi connectivity index (χ3n) is 2.81. The van der Waals surface area contributed by atoms with E-state index in [1.807, 2.05) is 6.07 Å². The zero-order chi connectivity index (χ0) is 10.7. The number of hydrogen-bond donors (Lipinski definition) is 0. The normalized spacial score (nSPS) is 13.6. The van der Waals surface area contributed by atoms with Crippen LogP contribution in [0.2, 0.25) is 0 Å². The lowest BCUT2D eigenvalue weighted by Gasteiger charge is -2.06. The number of alkyl halides is 1. The molecule has 80 valence electrons. The Morgan fingerprint density at radius 2 is 2.27 bits per heavy atom. The fraction of sp³-hybridized carbons (Fsp3) is 0.385. The summed E-state index contributed by atoms with van der Waals surface area (Å²) in [5.74, 6) is 0.962. The van der Waals surface area contributed by atoms with Crippen molar-refractivity contribution in [1.29, 1.82) is 0 Å². The predicted molar refractivity (Wildman–Crippen MR) is 67.7 cm³/mol. The van der Waals surface area contributed by atoms with Gasteiger partial charge >= 0.3 is 0 Å². The van der Waals surface area contributed by atoms with Crippen LogP contribution in [0.5, 0.6) is 5.75 Å². The Hall–Kier alpha value is -0.760. The van der Waals surface area contributed by atoms with Gasteiger partial charge < -0.3 is 4.74 Å². The molecule has 0 unspecified atom stereocenters. The molecule has 0 aromatic heterocycles. The van der Waals surface area contributed by atoms with Crippen LogP contribution in [-0.2, 0) is 6.42 Å². The average molecular weight is 267 g/mol. The first-order chi connectivity index (χ1) is 7.35. The summed E-state index contributed by atoms with van der Waals surface area (Å²) in [7, 11) is 1.72. The fourth-order valence-corrected chi connectivity index (χ4v) is 2.30. The maximum atomic E-state index is 5.23. The lowest BCUT2D eigenvalue weighted by molar-refractivity contribution is 0.414. The molecule has 15 heavy (non-hydrogen) atoms. The summed E-state index contributed by atoms with van der Waals surface area (Å²) in [6, 6.07) is 6.38. The first-order valence-electron chi connectivity index (χ1n) is 5.27. The summed E-state index contributed by atoms with van der Waals surface area (Å²) in [6.45, 7) is 0. The van der Waals surface area contributed by atoms with E-state index in [4.69, 9.17) is 4.74 Å². The second-order valence-corrected chi connectivity index (χ2v) is 4.54. The highest BCUT2D eigenvalue weighted by Crippen LogP contribution is 2.33. The lowest BCUT2D eigenvalue weighted by Crippen LogP contribution is -1.89. The van der Waals surface area contributed by atoms with Crippen molar-refractivity contribution >= 4 is 21.5 Å². The number of fused-ring (bicyclic) bond motifs is 1. The molecule has 0 fully saturated rings. The first kappa shape index (κ1) is 10.7. The van der Waals surface area contributed by atoms with E-state index in [0.717, 1.165) is 17.5 Å². The van der Waals surface area contributed by atoms with Gasteiger partial charge in [-0.15, -0.1) is 0 Å². The molecule has 0 amide bonds. The fourth-order valence-electron chi connectivity index (χ4n) is 2.02. The van der Waals surface area contributed by atoms with Gasteiger partial charge in [0.05, 0.1) is 7.11 Å². The zero-order valence-corrected chi connectivity index (χ0v) is 10.5. The Morgan fingerprint density at radius 3 is 3.00 bits per heavy atom. The van der Waals surface area contributed by atoms with E-state index in [-0.39, 0.29) is 0 Å². The van der Waals surface area contributed by atoms with Crippen molar-refractivity contribution in [3.63, 3.8) is 0 Å². The van der Waals surface area contributed by atoms with Crippen LogP contribution in [0, 0.1) is 0 Å². The minimum atomic E-state index is 0.962. The number of rotatable bonds is 4. The van der Waals surface area contributed by atoms with Gasteiger partial charge in [0.15, 0.2) is 0 Å². The van der Waals surface area contributed by atoms with Crippen LogP contribution in [0.25, 0.3) is 5.57 Å². The number of ether oxygens (including phenoxy) is 1. The van der Waals surface area contributed by atoms with E-state index in [0.29, 0.717) is 0 Å². The molecular weight excluding hydrogens is 252 g/mol. The molecule has 2 rings (SSSR count). The van der Waals surface area contributed by atoms with Crippen molar-refractivity contribution in [2.45, 2.75) is 19.3 Å². The Bertz CT molecular complexity index is 382. The van der Waals surface area contributed by atoms with Crippen molar-refractivity contribution in [3.8, 4) is 5.75 Å². The summed E-state index contributed by atoms with van der Waals surface area (Å²) in [5.41, 5.74) is 4.31. The molecule has 0 N–H and O–H groups in total. The van der Waals surface area contributed by atoms with Crippen molar-refractivity contribution in [2.24, 2.45) is 0 Å². The van der Waals surface area contributed by atoms with Gasteiger partial charge in [-0.2, -0.15) is 0 Å². The van der Waals surface area contributed by atoms with Gasteiger partial charge in [-0.25, -0.2) is 0 Å². The highest BCUT2D eigenvalue weighted by Gasteiger charge is 2.13. The number of halogens is 1. The molecule has 1 aromatic rings. The topological polar surface area (TPSA) is 9.23 Å². The van der Waals surface area contributed by atoms with Crippen LogP contribution in [-0.4, -0.2) is 12.4 Å².